The lowest BCUT2D eigenvalue weighted by molar-refractivity contribution is -0.159. The van der Waals surface area contributed by atoms with Crippen molar-refractivity contribution in [1.29, 1.82) is 0 Å². The van der Waals surface area contributed by atoms with E-state index in [-0.39, 0.29) is 5.92 Å². The van der Waals surface area contributed by atoms with Gasteiger partial charge in [-0.15, -0.1) is 0 Å². The quantitative estimate of drug-likeness (QED) is 0.830. The van der Waals surface area contributed by atoms with Crippen molar-refractivity contribution in [3.63, 3.8) is 0 Å². The topological polar surface area (TPSA) is 78.5 Å². The molecule has 0 amide bonds. The summed E-state index contributed by atoms with van der Waals surface area (Å²) in [6.45, 7) is 5.00. The van der Waals surface area contributed by atoms with Gasteiger partial charge >= 0.3 is 5.97 Å². The van der Waals surface area contributed by atoms with Gasteiger partial charge in [0, 0.05) is 32.7 Å². The zero-order chi connectivity index (χ0) is 16.4. The van der Waals surface area contributed by atoms with E-state index < -0.39 is 11.4 Å². The molecule has 0 radical (unpaired) electrons. The van der Waals surface area contributed by atoms with Gasteiger partial charge in [-0.1, -0.05) is 24.9 Å². The smallest absolute Gasteiger partial charge is 0.313 e. The number of ether oxygens (including phenoxy) is 1. The molecule has 0 saturated carbocycles. The number of unbranched alkanes of at least 4 members (excludes halogenated alkanes) is 1. The molecule has 2 aliphatic rings. The molecule has 0 aromatic carbocycles. The molecule has 6 nitrogen and oxygen atoms in total. The van der Waals surface area contributed by atoms with Gasteiger partial charge < -0.3 is 14.8 Å². The van der Waals surface area contributed by atoms with E-state index in [2.05, 4.69) is 21.8 Å². The maximum Gasteiger partial charge on any atom is 0.313 e. The van der Waals surface area contributed by atoms with Crippen LogP contribution in [0.25, 0.3) is 0 Å². The summed E-state index contributed by atoms with van der Waals surface area (Å²) in [4.78, 5) is 21.6. The standard InChI is InChI=1S/C16H24ClN3O3/c1-2-3-4-13-18-12(14(17)19-13)8-20-7-11-5-6-23-10-16(11,9-20)15(21)22/h11H,2-10H2,1H3,(H,18,19)(H,21,22)/t11-,16+/m0/s1. The third-order valence-electron chi connectivity index (χ3n) is 5.09. The molecule has 2 fully saturated rings. The van der Waals surface area contributed by atoms with E-state index in [0.717, 1.165) is 43.7 Å². The fourth-order valence-electron chi connectivity index (χ4n) is 3.75. The molecule has 0 spiro atoms. The molecule has 2 saturated heterocycles. The van der Waals surface area contributed by atoms with Gasteiger partial charge in [0.05, 0.1) is 12.3 Å². The number of aromatic nitrogens is 2. The van der Waals surface area contributed by atoms with Gasteiger partial charge in [-0.2, -0.15) is 0 Å². The fraction of sp³-hybridized carbons (Fsp3) is 0.750. The maximum atomic E-state index is 11.8. The van der Waals surface area contributed by atoms with Crippen molar-refractivity contribution in [3.8, 4) is 0 Å². The van der Waals surface area contributed by atoms with Gasteiger partial charge in [-0.3, -0.25) is 9.69 Å². The van der Waals surface area contributed by atoms with Gasteiger partial charge in [0.2, 0.25) is 0 Å². The van der Waals surface area contributed by atoms with E-state index >= 15 is 0 Å². The van der Waals surface area contributed by atoms with Crippen LogP contribution in [-0.2, 0) is 22.5 Å². The molecule has 7 heteroatoms. The lowest BCUT2D eigenvalue weighted by Gasteiger charge is -2.34. The van der Waals surface area contributed by atoms with E-state index in [1.54, 1.807) is 0 Å². The van der Waals surface area contributed by atoms with Crippen molar-refractivity contribution in [2.24, 2.45) is 11.3 Å². The van der Waals surface area contributed by atoms with Crippen molar-refractivity contribution in [2.75, 3.05) is 26.3 Å². The van der Waals surface area contributed by atoms with Crippen LogP contribution in [-0.4, -0.2) is 52.2 Å². The number of carboxylic acids is 1. The highest BCUT2D eigenvalue weighted by molar-refractivity contribution is 6.30. The average molecular weight is 342 g/mol. The Balaban J connectivity index is 1.69. The van der Waals surface area contributed by atoms with Crippen LogP contribution < -0.4 is 0 Å². The highest BCUT2D eigenvalue weighted by Gasteiger charge is 2.54. The molecule has 2 N–H and O–H groups in total. The number of nitrogens with zero attached hydrogens (tertiary/aromatic N) is 2. The van der Waals surface area contributed by atoms with Crippen LogP contribution in [0, 0.1) is 11.3 Å². The first-order valence-electron chi connectivity index (χ1n) is 8.32. The predicted octanol–water partition coefficient (Wildman–Crippen LogP) is 2.33. The summed E-state index contributed by atoms with van der Waals surface area (Å²) in [5, 5.41) is 10.2. The number of hydrogen-bond acceptors (Lipinski definition) is 4. The van der Waals surface area contributed by atoms with E-state index in [1.807, 2.05) is 0 Å². The zero-order valence-electron chi connectivity index (χ0n) is 13.5. The van der Waals surface area contributed by atoms with E-state index in [4.69, 9.17) is 16.3 Å². The number of hydrogen-bond donors (Lipinski definition) is 2. The van der Waals surface area contributed by atoms with Crippen LogP contribution in [0.4, 0.5) is 0 Å². The zero-order valence-corrected chi connectivity index (χ0v) is 14.2. The van der Waals surface area contributed by atoms with Crippen molar-refractivity contribution in [1.82, 2.24) is 14.9 Å². The third-order valence-corrected chi connectivity index (χ3v) is 5.40. The lowest BCUT2D eigenvalue weighted by Crippen LogP contribution is -2.46. The molecule has 128 valence electrons. The Bertz CT molecular complexity index is 577. The van der Waals surface area contributed by atoms with Gasteiger partial charge in [-0.05, 0) is 18.8 Å². The van der Waals surface area contributed by atoms with Crippen LogP contribution in [0.3, 0.4) is 0 Å². The Morgan fingerprint density at radius 3 is 3.13 bits per heavy atom. The van der Waals surface area contributed by atoms with Crippen molar-refractivity contribution >= 4 is 17.6 Å². The first-order valence-corrected chi connectivity index (χ1v) is 8.69. The minimum Gasteiger partial charge on any atom is -0.481 e. The van der Waals surface area contributed by atoms with Crippen LogP contribution in [0.2, 0.25) is 5.15 Å². The number of aromatic amines is 1. The number of fused-ring (bicyclic) bond motifs is 1. The summed E-state index contributed by atoms with van der Waals surface area (Å²) < 4.78 is 5.47. The van der Waals surface area contributed by atoms with Crippen molar-refractivity contribution < 1.29 is 14.6 Å². The number of carboxylic acid groups (broad SMARTS) is 1. The number of imidazole rings is 1. The summed E-state index contributed by atoms with van der Waals surface area (Å²) in [6, 6.07) is 0. The van der Waals surface area contributed by atoms with Crippen LogP contribution in [0.15, 0.2) is 0 Å². The second-order valence-corrected chi connectivity index (χ2v) is 7.08. The van der Waals surface area contributed by atoms with Gasteiger partial charge in [0.25, 0.3) is 0 Å². The molecule has 0 bridgehead atoms. The first-order chi connectivity index (χ1) is 11.0. The number of nitrogens with one attached hydrogen (secondary N) is 1. The Morgan fingerprint density at radius 1 is 1.61 bits per heavy atom. The van der Waals surface area contributed by atoms with Crippen LogP contribution in [0.5, 0.6) is 0 Å². The van der Waals surface area contributed by atoms with Crippen molar-refractivity contribution in [3.05, 3.63) is 16.7 Å². The third kappa shape index (κ3) is 3.25. The highest BCUT2D eigenvalue weighted by Crippen LogP contribution is 2.42. The molecule has 3 rings (SSSR count). The molecule has 2 atom stereocenters. The molecule has 0 aliphatic carbocycles. The SMILES string of the molecule is CCCCc1nc(Cl)c(CN2C[C@@H]3CCOC[C@]3(C(=O)O)C2)[nH]1. The van der Waals surface area contributed by atoms with E-state index in [9.17, 15) is 9.90 Å². The summed E-state index contributed by atoms with van der Waals surface area (Å²) in [5.41, 5.74) is 0.119. The molecule has 1 aromatic heterocycles. The number of aliphatic carboxylic acids is 1. The molecule has 0 unspecified atom stereocenters. The average Bonchev–Trinajstić information content (AvgIpc) is 3.06. The van der Waals surface area contributed by atoms with Crippen LogP contribution >= 0.6 is 11.6 Å². The normalized spacial score (nSPS) is 28.0. The summed E-state index contributed by atoms with van der Waals surface area (Å²) in [5.74, 6) is 0.318. The Morgan fingerprint density at radius 2 is 2.43 bits per heavy atom. The Kier molecular flexibility index (Phi) is 4.94. The second kappa shape index (κ2) is 6.79. The van der Waals surface area contributed by atoms with Gasteiger partial charge in [0.15, 0.2) is 5.15 Å². The highest BCUT2D eigenvalue weighted by atomic mass is 35.5. The van der Waals surface area contributed by atoms with Gasteiger partial charge in [-0.25, -0.2) is 4.98 Å². The monoisotopic (exact) mass is 341 g/mol. The number of rotatable bonds is 6. The minimum absolute atomic E-state index is 0.148. The van der Waals surface area contributed by atoms with Crippen molar-refractivity contribution in [2.45, 2.75) is 39.2 Å². The predicted molar refractivity (Wildman–Crippen MR) is 86.5 cm³/mol. The largest absolute Gasteiger partial charge is 0.481 e. The summed E-state index contributed by atoms with van der Waals surface area (Å²) >= 11 is 6.24. The number of aryl methyl sites for hydroxylation is 1. The molecule has 23 heavy (non-hydrogen) atoms. The van der Waals surface area contributed by atoms with Crippen LogP contribution in [0.1, 0.15) is 37.7 Å². The summed E-state index contributed by atoms with van der Waals surface area (Å²) in [6.07, 6.45) is 3.89. The number of halogens is 1. The fourth-order valence-corrected chi connectivity index (χ4v) is 3.95. The molecular formula is C16H24ClN3O3. The number of likely N-dealkylation sites (tertiary alicyclic amines) is 1. The molecule has 2 aliphatic heterocycles. The summed E-state index contributed by atoms with van der Waals surface area (Å²) in [7, 11) is 0. The maximum absolute atomic E-state index is 11.8. The molecule has 3 heterocycles. The van der Waals surface area contributed by atoms with Gasteiger partial charge in [0.1, 0.15) is 11.2 Å². The number of H-pyrrole nitrogens is 1. The lowest BCUT2D eigenvalue weighted by atomic mass is 9.76. The Labute approximate surface area is 141 Å². The van der Waals surface area contributed by atoms with E-state index in [1.165, 1.54) is 0 Å². The molecule has 1 aromatic rings. The Hall–Kier alpha value is -1.11. The van der Waals surface area contributed by atoms with E-state index in [0.29, 0.717) is 31.5 Å². The molecular weight excluding hydrogens is 318 g/mol. The minimum atomic E-state index is -0.768. The second-order valence-electron chi connectivity index (χ2n) is 6.73. The number of carbonyl (C=O) groups is 1. The first kappa shape index (κ1) is 16.7.